The normalized spacial score (nSPS) is 14.1. The molecule has 0 aliphatic carbocycles. The number of rotatable bonds is 1. The number of benzene rings is 2. The average Bonchev–Trinajstić information content (AvgIpc) is 2.38. The van der Waals surface area contributed by atoms with Crippen LogP contribution in [0.3, 0.4) is 0 Å². The van der Waals surface area contributed by atoms with Gasteiger partial charge in [0.05, 0.1) is 23.6 Å². The zero-order valence-electron chi connectivity index (χ0n) is 9.56. The van der Waals surface area contributed by atoms with Gasteiger partial charge in [-0.2, -0.15) is 0 Å². The molecule has 2 aromatic carbocycles. The lowest BCUT2D eigenvalue weighted by Crippen LogP contribution is -2.36. The number of para-hydroxylation sites is 2. The smallest absolute Gasteiger partial charge is 0.250 e. The van der Waals surface area contributed by atoms with Crippen molar-refractivity contribution in [1.82, 2.24) is 0 Å². The maximum absolute atomic E-state index is 12.1. The molecule has 0 aromatic heterocycles. The fraction of sp³-hybridized carbons (Fsp3) is 0.0714. The Bertz CT molecular complexity index is 612. The third-order valence-electron chi connectivity index (χ3n) is 2.89. The molecule has 0 atom stereocenters. The van der Waals surface area contributed by atoms with Crippen molar-refractivity contribution in [2.24, 2.45) is 0 Å². The molecule has 3 rings (SSSR count). The topological polar surface area (TPSA) is 32.3 Å². The Balaban J connectivity index is 2.13. The van der Waals surface area contributed by atoms with Crippen LogP contribution in [0.4, 0.5) is 17.1 Å². The summed E-state index contributed by atoms with van der Waals surface area (Å²) in [5, 5.41) is 3.72. The van der Waals surface area contributed by atoms with Crippen LogP contribution in [0.25, 0.3) is 0 Å². The van der Waals surface area contributed by atoms with Gasteiger partial charge in [-0.05, 0) is 30.3 Å². The molecule has 1 aliphatic heterocycles. The number of amides is 1. The molecule has 18 heavy (non-hydrogen) atoms. The first-order valence-corrected chi connectivity index (χ1v) is 6.05. The number of anilines is 3. The minimum Gasteiger partial charge on any atom is -0.374 e. The van der Waals surface area contributed by atoms with E-state index in [1.165, 1.54) is 0 Å². The van der Waals surface area contributed by atoms with Crippen LogP contribution in [0, 0.1) is 0 Å². The minimum absolute atomic E-state index is 0.0102. The average molecular weight is 259 g/mol. The molecule has 3 nitrogen and oxygen atoms in total. The summed E-state index contributed by atoms with van der Waals surface area (Å²) < 4.78 is 0. The number of halogens is 1. The maximum Gasteiger partial charge on any atom is 0.250 e. The van der Waals surface area contributed by atoms with Crippen molar-refractivity contribution in [3.8, 4) is 0 Å². The monoisotopic (exact) mass is 258 g/mol. The summed E-state index contributed by atoms with van der Waals surface area (Å²) in [4.78, 5) is 13.8. The Morgan fingerprint density at radius 2 is 1.94 bits per heavy atom. The van der Waals surface area contributed by atoms with Crippen molar-refractivity contribution >= 4 is 34.6 Å². The van der Waals surface area contributed by atoms with Crippen LogP contribution >= 0.6 is 11.6 Å². The van der Waals surface area contributed by atoms with Gasteiger partial charge in [-0.3, -0.25) is 9.69 Å². The van der Waals surface area contributed by atoms with Gasteiger partial charge in [0.15, 0.2) is 0 Å². The summed E-state index contributed by atoms with van der Waals surface area (Å²) in [6.45, 7) is 0.295. The third kappa shape index (κ3) is 1.83. The highest BCUT2D eigenvalue weighted by atomic mass is 35.5. The summed E-state index contributed by atoms with van der Waals surface area (Å²) >= 11 is 5.99. The number of hydrogen-bond acceptors (Lipinski definition) is 2. The maximum atomic E-state index is 12.1. The molecule has 0 saturated heterocycles. The quantitative estimate of drug-likeness (QED) is 0.850. The van der Waals surface area contributed by atoms with E-state index in [0.717, 1.165) is 17.1 Å². The van der Waals surface area contributed by atoms with Crippen molar-refractivity contribution < 1.29 is 4.79 Å². The number of nitrogens with one attached hydrogen (secondary N) is 1. The first kappa shape index (κ1) is 11.1. The zero-order valence-corrected chi connectivity index (χ0v) is 10.3. The highest BCUT2D eigenvalue weighted by Gasteiger charge is 2.24. The summed E-state index contributed by atoms with van der Waals surface area (Å²) in [6.07, 6.45) is 0. The molecule has 1 aliphatic rings. The lowest BCUT2D eigenvalue weighted by atomic mass is 10.1. The van der Waals surface area contributed by atoms with Crippen molar-refractivity contribution in [3.63, 3.8) is 0 Å². The van der Waals surface area contributed by atoms with Crippen molar-refractivity contribution in [3.05, 3.63) is 53.6 Å². The van der Waals surface area contributed by atoms with Crippen LogP contribution in [0.5, 0.6) is 0 Å². The fourth-order valence-electron chi connectivity index (χ4n) is 2.10. The second-order valence-electron chi connectivity index (χ2n) is 4.08. The molecular formula is C14H11ClN2O. The van der Waals surface area contributed by atoms with Gasteiger partial charge in [0.25, 0.3) is 5.91 Å². The van der Waals surface area contributed by atoms with Crippen molar-refractivity contribution in [2.45, 2.75) is 0 Å². The molecule has 1 heterocycles. The Morgan fingerprint density at radius 3 is 2.78 bits per heavy atom. The van der Waals surface area contributed by atoms with E-state index < -0.39 is 0 Å². The summed E-state index contributed by atoms with van der Waals surface area (Å²) in [5.74, 6) is 0.0102. The molecule has 1 N–H and O–H groups in total. The first-order valence-electron chi connectivity index (χ1n) is 5.67. The molecule has 1 amide bonds. The van der Waals surface area contributed by atoms with Crippen LogP contribution in [0.15, 0.2) is 48.5 Å². The van der Waals surface area contributed by atoms with Crippen LogP contribution < -0.4 is 10.2 Å². The highest BCUT2D eigenvalue weighted by Crippen LogP contribution is 2.35. The second-order valence-corrected chi connectivity index (χ2v) is 4.52. The largest absolute Gasteiger partial charge is 0.374 e. The van der Waals surface area contributed by atoms with E-state index in [4.69, 9.17) is 11.6 Å². The van der Waals surface area contributed by atoms with Gasteiger partial charge in [-0.1, -0.05) is 29.8 Å². The van der Waals surface area contributed by atoms with E-state index >= 15 is 0 Å². The van der Waals surface area contributed by atoms with E-state index in [-0.39, 0.29) is 5.91 Å². The Labute approximate surface area is 110 Å². The molecule has 0 fully saturated rings. The molecule has 0 unspecified atom stereocenters. The van der Waals surface area contributed by atoms with E-state index in [1.54, 1.807) is 17.0 Å². The van der Waals surface area contributed by atoms with Gasteiger partial charge in [0.1, 0.15) is 0 Å². The lowest BCUT2D eigenvalue weighted by molar-refractivity contribution is -0.116. The highest BCUT2D eigenvalue weighted by molar-refractivity contribution is 6.31. The number of carbonyl (C=O) groups is 1. The van der Waals surface area contributed by atoms with Gasteiger partial charge in [-0.25, -0.2) is 0 Å². The third-order valence-corrected chi connectivity index (χ3v) is 3.13. The molecule has 0 spiro atoms. The number of nitrogens with zero attached hydrogens (tertiary/aromatic N) is 1. The van der Waals surface area contributed by atoms with E-state index in [2.05, 4.69) is 5.32 Å². The van der Waals surface area contributed by atoms with Gasteiger partial charge >= 0.3 is 0 Å². The Morgan fingerprint density at radius 1 is 1.11 bits per heavy atom. The van der Waals surface area contributed by atoms with Crippen LogP contribution in [0.2, 0.25) is 5.02 Å². The predicted octanol–water partition coefficient (Wildman–Crippen LogP) is 3.43. The van der Waals surface area contributed by atoms with Crippen LogP contribution in [-0.2, 0) is 4.79 Å². The summed E-state index contributed by atoms with van der Waals surface area (Å²) in [5.41, 5.74) is 2.61. The summed E-state index contributed by atoms with van der Waals surface area (Å²) in [7, 11) is 0. The molecule has 90 valence electrons. The molecule has 2 aromatic rings. The predicted molar refractivity (Wildman–Crippen MR) is 73.5 cm³/mol. The lowest BCUT2D eigenvalue weighted by Gasteiger charge is -2.30. The van der Waals surface area contributed by atoms with Gasteiger partial charge in [0.2, 0.25) is 0 Å². The zero-order chi connectivity index (χ0) is 12.5. The molecule has 4 heteroatoms. The molecule has 0 saturated carbocycles. The van der Waals surface area contributed by atoms with Gasteiger partial charge in [0, 0.05) is 5.02 Å². The second kappa shape index (κ2) is 4.35. The van der Waals surface area contributed by atoms with E-state index in [0.29, 0.717) is 11.6 Å². The van der Waals surface area contributed by atoms with Crippen molar-refractivity contribution in [1.29, 1.82) is 0 Å². The Kier molecular flexibility index (Phi) is 2.68. The molecular weight excluding hydrogens is 248 g/mol. The standard InChI is InChI=1S/C14H11ClN2O/c15-10-4-3-5-11(8-10)17-13-7-2-1-6-12(13)16-9-14(17)18/h1-8,16H,9H2. The van der Waals surface area contributed by atoms with E-state index in [1.807, 2.05) is 36.4 Å². The van der Waals surface area contributed by atoms with Gasteiger partial charge < -0.3 is 5.32 Å². The Hall–Kier alpha value is -2.00. The minimum atomic E-state index is 0.0102. The number of fused-ring (bicyclic) bond motifs is 1. The number of hydrogen-bond donors (Lipinski definition) is 1. The van der Waals surface area contributed by atoms with E-state index in [9.17, 15) is 4.79 Å². The molecule has 0 bridgehead atoms. The SMILES string of the molecule is O=C1CNc2ccccc2N1c1cccc(Cl)c1. The molecule has 0 radical (unpaired) electrons. The fourth-order valence-corrected chi connectivity index (χ4v) is 2.29. The van der Waals surface area contributed by atoms with Crippen LogP contribution in [-0.4, -0.2) is 12.5 Å². The first-order chi connectivity index (χ1) is 8.75. The van der Waals surface area contributed by atoms with Gasteiger partial charge in [-0.15, -0.1) is 0 Å². The number of carbonyl (C=O) groups excluding carboxylic acids is 1. The summed E-state index contributed by atoms with van der Waals surface area (Å²) in [6, 6.07) is 15.0. The van der Waals surface area contributed by atoms with Crippen LogP contribution in [0.1, 0.15) is 0 Å². The van der Waals surface area contributed by atoms with Crippen molar-refractivity contribution in [2.75, 3.05) is 16.8 Å².